The number of benzene rings is 1. The molecular formula is C17H28N2. The van der Waals surface area contributed by atoms with E-state index in [0.29, 0.717) is 6.04 Å². The lowest BCUT2D eigenvalue weighted by molar-refractivity contribution is 0.130. The Balaban J connectivity index is 2.13. The first-order valence-electron chi connectivity index (χ1n) is 7.74. The number of rotatable bonds is 5. The van der Waals surface area contributed by atoms with E-state index in [1.807, 2.05) is 0 Å². The van der Waals surface area contributed by atoms with Crippen molar-refractivity contribution in [2.45, 2.75) is 57.5 Å². The normalized spacial score (nSPS) is 29.1. The Morgan fingerprint density at radius 2 is 2.05 bits per heavy atom. The fraction of sp³-hybridized carbons (Fsp3) is 0.647. The first kappa shape index (κ1) is 14.5. The molecule has 0 spiro atoms. The predicted octanol–water partition coefficient (Wildman–Crippen LogP) is 3.63. The van der Waals surface area contributed by atoms with E-state index in [2.05, 4.69) is 49.5 Å². The van der Waals surface area contributed by atoms with Crippen molar-refractivity contribution < 1.29 is 0 Å². The molecule has 2 rings (SSSR count). The summed E-state index contributed by atoms with van der Waals surface area (Å²) in [5.41, 5.74) is 7.67. The van der Waals surface area contributed by atoms with Gasteiger partial charge in [-0.05, 0) is 31.2 Å². The van der Waals surface area contributed by atoms with Gasteiger partial charge in [0.05, 0.1) is 0 Å². The highest BCUT2D eigenvalue weighted by molar-refractivity contribution is 5.19. The quantitative estimate of drug-likeness (QED) is 0.848. The van der Waals surface area contributed by atoms with Crippen molar-refractivity contribution in [3.8, 4) is 0 Å². The molecule has 1 fully saturated rings. The summed E-state index contributed by atoms with van der Waals surface area (Å²) < 4.78 is 0. The monoisotopic (exact) mass is 260 g/mol. The molecular weight excluding hydrogens is 232 g/mol. The molecule has 0 aromatic heterocycles. The third-order valence-electron chi connectivity index (χ3n) is 4.87. The van der Waals surface area contributed by atoms with E-state index < -0.39 is 0 Å². The van der Waals surface area contributed by atoms with Crippen molar-refractivity contribution in [1.29, 1.82) is 0 Å². The minimum Gasteiger partial charge on any atom is -0.329 e. The van der Waals surface area contributed by atoms with Gasteiger partial charge in [0, 0.05) is 18.1 Å². The lowest BCUT2D eigenvalue weighted by Gasteiger charge is -2.46. The van der Waals surface area contributed by atoms with Crippen LogP contribution in [-0.4, -0.2) is 12.1 Å². The molecule has 1 aliphatic carbocycles. The van der Waals surface area contributed by atoms with Crippen LogP contribution < -0.4 is 11.1 Å². The molecule has 2 nitrogen and oxygen atoms in total. The van der Waals surface area contributed by atoms with Gasteiger partial charge in [0.1, 0.15) is 0 Å². The number of nitrogens with one attached hydrogen (secondary N) is 1. The zero-order valence-corrected chi connectivity index (χ0v) is 12.4. The van der Waals surface area contributed by atoms with Crippen LogP contribution in [0.25, 0.3) is 0 Å². The summed E-state index contributed by atoms with van der Waals surface area (Å²) in [6.07, 6.45) is 6.44. The highest BCUT2D eigenvalue weighted by Gasteiger charge is 2.39. The summed E-state index contributed by atoms with van der Waals surface area (Å²) in [7, 11) is 0. The van der Waals surface area contributed by atoms with Crippen molar-refractivity contribution in [1.82, 2.24) is 5.32 Å². The van der Waals surface area contributed by atoms with Gasteiger partial charge in [0.2, 0.25) is 0 Å². The maximum Gasteiger partial charge on any atom is 0.0337 e. The van der Waals surface area contributed by atoms with Crippen molar-refractivity contribution >= 4 is 0 Å². The van der Waals surface area contributed by atoms with Gasteiger partial charge in [0.15, 0.2) is 0 Å². The van der Waals surface area contributed by atoms with Gasteiger partial charge < -0.3 is 11.1 Å². The van der Waals surface area contributed by atoms with Crippen molar-refractivity contribution in [2.24, 2.45) is 11.7 Å². The first-order chi connectivity index (χ1) is 9.22. The Labute approximate surface area is 117 Å². The maximum absolute atomic E-state index is 6.17. The van der Waals surface area contributed by atoms with Crippen LogP contribution >= 0.6 is 0 Å². The predicted molar refractivity (Wildman–Crippen MR) is 82.0 cm³/mol. The molecule has 2 heteroatoms. The van der Waals surface area contributed by atoms with Gasteiger partial charge in [-0.15, -0.1) is 0 Å². The van der Waals surface area contributed by atoms with Crippen LogP contribution in [0.2, 0.25) is 0 Å². The first-order valence-corrected chi connectivity index (χ1v) is 7.74. The topological polar surface area (TPSA) is 38.0 Å². The third kappa shape index (κ3) is 3.18. The largest absolute Gasteiger partial charge is 0.329 e. The van der Waals surface area contributed by atoms with Gasteiger partial charge in [-0.1, -0.05) is 56.5 Å². The van der Waals surface area contributed by atoms with Crippen LogP contribution in [0.15, 0.2) is 30.3 Å². The average Bonchev–Trinajstić information content (AvgIpc) is 2.48. The Morgan fingerprint density at radius 1 is 1.32 bits per heavy atom. The molecule has 3 atom stereocenters. The second-order valence-electron chi connectivity index (χ2n) is 5.99. The summed E-state index contributed by atoms with van der Waals surface area (Å²) in [6.45, 7) is 5.31. The van der Waals surface area contributed by atoms with Crippen LogP contribution in [0.1, 0.15) is 57.6 Å². The minimum atomic E-state index is 0.141. The zero-order valence-electron chi connectivity index (χ0n) is 12.4. The fourth-order valence-electron chi connectivity index (χ4n) is 3.68. The Hall–Kier alpha value is -0.860. The van der Waals surface area contributed by atoms with E-state index >= 15 is 0 Å². The fourth-order valence-corrected chi connectivity index (χ4v) is 3.68. The van der Waals surface area contributed by atoms with Crippen LogP contribution in [0.3, 0.4) is 0 Å². The van der Waals surface area contributed by atoms with E-state index in [1.165, 1.54) is 37.7 Å². The Morgan fingerprint density at radius 3 is 2.68 bits per heavy atom. The molecule has 0 aliphatic heterocycles. The second-order valence-corrected chi connectivity index (χ2v) is 5.99. The Bertz CT molecular complexity index is 376. The molecule has 0 amide bonds. The lowest BCUT2D eigenvalue weighted by atomic mass is 9.71. The van der Waals surface area contributed by atoms with Gasteiger partial charge >= 0.3 is 0 Å². The molecule has 0 radical (unpaired) electrons. The lowest BCUT2D eigenvalue weighted by Crippen LogP contribution is -2.58. The molecule has 19 heavy (non-hydrogen) atoms. The van der Waals surface area contributed by atoms with Gasteiger partial charge in [0.25, 0.3) is 0 Å². The smallest absolute Gasteiger partial charge is 0.0337 e. The summed E-state index contributed by atoms with van der Waals surface area (Å²) in [5, 5.41) is 3.87. The summed E-state index contributed by atoms with van der Waals surface area (Å²) >= 11 is 0. The van der Waals surface area contributed by atoms with E-state index in [0.717, 1.165) is 12.5 Å². The molecule has 0 bridgehead atoms. The van der Waals surface area contributed by atoms with Gasteiger partial charge in [-0.2, -0.15) is 0 Å². The van der Waals surface area contributed by atoms with E-state index in [4.69, 9.17) is 5.73 Å². The highest BCUT2D eigenvalue weighted by atomic mass is 15.0. The SMILES string of the molecule is CCC1CCCCC1(CN)NC(C)c1ccccc1. The summed E-state index contributed by atoms with van der Waals surface area (Å²) in [4.78, 5) is 0. The highest BCUT2D eigenvalue weighted by Crippen LogP contribution is 2.37. The maximum atomic E-state index is 6.17. The molecule has 3 N–H and O–H groups in total. The molecule has 0 heterocycles. The second kappa shape index (κ2) is 6.53. The molecule has 1 aromatic rings. The van der Waals surface area contributed by atoms with Gasteiger partial charge in [-0.25, -0.2) is 0 Å². The Kier molecular flexibility index (Phi) is 5.00. The zero-order chi connectivity index (χ0) is 13.7. The number of nitrogens with two attached hydrogens (primary N) is 1. The molecule has 1 saturated carbocycles. The van der Waals surface area contributed by atoms with Gasteiger partial charge in [-0.3, -0.25) is 0 Å². The molecule has 1 aliphatic rings. The molecule has 106 valence electrons. The van der Waals surface area contributed by atoms with E-state index in [1.54, 1.807) is 0 Å². The molecule has 1 aromatic carbocycles. The minimum absolute atomic E-state index is 0.141. The van der Waals surface area contributed by atoms with Crippen molar-refractivity contribution in [2.75, 3.05) is 6.54 Å². The number of hydrogen-bond acceptors (Lipinski definition) is 2. The van der Waals surface area contributed by atoms with Crippen LogP contribution in [-0.2, 0) is 0 Å². The van der Waals surface area contributed by atoms with Crippen LogP contribution in [0.4, 0.5) is 0 Å². The van der Waals surface area contributed by atoms with E-state index in [9.17, 15) is 0 Å². The third-order valence-corrected chi connectivity index (χ3v) is 4.87. The van der Waals surface area contributed by atoms with Crippen LogP contribution in [0.5, 0.6) is 0 Å². The molecule has 0 saturated heterocycles. The molecule has 3 unspecified atom stereocenters. The average molecular weight is 260 g/mol. The summed E-state index contributed by atoms with van der Waals surface area (Å²) in [5.74, 6) is 0.720. The van der Waals surface area contributed by atoms with E-state index in [-0.39, 0.29) is 5.54 Å². The summed E-state index contributed by atoms with van der Waals surface area (Å²) in [6, 6.07) is 11.1. The van der Waals surface area contributed by atoms with Crippen LogP contribution in [0, 0.1) is 5.92 Å². The number of hydrogen-bond donors (Lipinski definition) is 2. The van der Waals surface area contributed by atoms with Crippen molar-refractivity contribution in [3.63, 3.8) is 0 Å². The standard InChI is InChI=1S/C17H28N2/c1-3-16-11-7-8-12-17(16,13-18)19-14(2)15-9-5-4-6-10-15/h4-6,9-10,14,16,19H,3,7-8,11-13,18H2,1-2H3. The van der Waals surface area contributed by atoms with Crippen molar-refractivity contribution in [3.05, 3.63) is 35.9 Å².